The second-order valence-electron chi connectivity index (χ2n) is 3.58. The smallest absolute Gasteiger partial charge is 0.346 e. The summed E-state index contributed by atoms with van der Waals surface area (Å²) in [6, 6.07) is -0.194. The average Bonchev–Trinajstić information content (AvgIpc) is 2.81. The minimum atomic E-state index is -0.396. The quantitative estimate of drug-likeness (QED) is 0.726. The number of hydrazine groups is 2. The average molecular weight is 241 g/mol. The van der Waals surface area contributed by atoms with Crippen LogP contribution in [-0.2, 0) is 9.47 Å². The fourth-order valence-electron chi connectivity index (χ4n) is 1.60. The number of nitrogens with zero attached hydrogens (tertiary/aromatic N) is 4. The van der Waals surface area contributed by atoms with Crippen molar-refractivity contribution in [2.75, 3.05) is 32.8 Å². The molecule has 0 saturated heterocycles. The molecule has 8 nitrogen and oxygen atoms in total. The van der Waals surface area contributed by atoms with Crippen LogP contribution in [0.2, 0.25) is 0 Å². The Bertz CT molecular complexity index is 403. The van der Waals surface area contributed by atoms with Gasteiger partial charge in [-0.2, -0.15) is 0 Å². The molecule has 17 heavy (non-hydrogen) atoms. The molecule has 0 unspecified atom stereocenters. The Morgan fingerprint density at radius 3 is 2.82 bits per heavy atom. The van der Waals surface area contributed by atoms with E-state index in [-0.39, 0.29) is 6.03 Å². The lowest BCUT2D eigenvalue weighted by molar-refractivity contribution is -0.0975. The van der Waals surface area contributed by atoms with Crippen LogP contribution in [0.15, 0.2) is 12.5 Å². The van der Waals surface area contributed by atoms with Gasteiger partial charge in [0.2, 0.25) is 0 Å². The summed E-state index contributed by atoms with van der Waals surface area (Å²) in [6.45, 7) is 0.427. The van der Waals surface area contributed by atoms with E-state index in [2.05, 4.69) is 10.5 Å². The molecule has 1 aliphatic rings. The van der Waals surface area contributed by atoms with Gasteiger partial charge in [-0.25, -0.2) is 19.4 Å². The molecule has 1 aromatic heterocycles. The maximum absolute atomic E-state index is 11.7. The van der Waals surface area contributed by atoms with Crippen LogP contribution >= 0.6 is 0 Å². The van der Waals surface area contributed by atoms with E-state index in [0.717, 1.165) is 0 Å². The Kier molecular flexibility index (Phi) is 3.27. The van der Waals surface area contributed by atoms with Crippen LogP contribution in [0, 0.1) is 0 Å². The lowest BCUT2D eigenvalue weighted by Crippen LogP contribution is -2.58. The second kappa shape index (κ2) is 4.70. The summed E-state index contributed by atoms with van der Waals surface area (Å²) >= 11 is 0. The molecule has 1 aromatic rings. The minimum Gasteiger partial charge on any atom is -0.354 e. The van der Waals surface area contributed by atoms with Gasteiger partial charge in [0.05, 0.1) is 12.7 Å². The lowest BCUT2D eigenvalue weighted by atomic mass is 10.5. The highest BCUT2D eigenvalue weighted by Gasteiger charge is 2.28. The van der Waals surface area contributed by atoms with Crippen molar-refractivity contribution in [2.24, 2.45) is 0 Å². The molecule has 8 heteroatoms. The summed E-state index contributed by atoms with van der Waals surface area (Å²) in [4.78, 5) is 15.7. The van der Waals surface area contributed by atoms with E-state index >= 15 is 0 Å². The third kappa shape index (κ3) is 2.09. The third-order valence-electron chi connectivity index (χ3n) is 2.52. The number of nitrogens with one attached hydrogen (secondary N) is 1. The number of carbonyl (C=O) groups excluding carboxylic acids is 1. The number of imidazole rings is 1. The first-order chi connectivity index (χ1) is 8.17. The van der Waals surface area contributed by atoms with Crippen molar-refractivity contribution >= 4 is 11.8 Å². The minimum absolute atomic E-state index is 0.194. The second-order valence-corrected chi connectivity index (χ2v) is 3.58. The van der Waals surface area contributed by atoms with Crippen LogP contribution in [0.25, 0.3) is 0 Å². The number of methoxy groups -OCH3 is 2. The molecule has 0 saturated carbocycles. The van der Waals surface area contributed by atoms with Gasteiger partial charge in [0.15, 0.2) is 12.1 Å². The number of anilines is 1. The van der Waals surface area contributed by atoms with Gasteiger partial charge in [-0.15, -0.1) is 5.53 Å². The summed E-state index contributed by atoms with van der Waals surface area (Å²) in [5.74, 6) is 0.646. The summed E-state index contributed by atoms with van der Waals surface area (Å²) in [7, 11) is 4.75. The van der Waals surface area contributed by atoms with Crippen molar-refractivity contribution in [3.63, 3.8) is 0 Å². The molecule has 0 spiro atoms. The highest BCUT2D eigenvalue weighted by Crippen LogP contribution is 2.17. The van der Waals surface area contributed by atoms with Crippen LogP contribution in [0.4, 0.5) is 10.6 Å². The molecule has 0 atom stereocenters. The van der Waals surface area contributed by atoms with Crippen molar-refractivity contribution in [2.45, 2.75) is 6.29 Å². The molecule has 94 valence electrons. The largest absolute Gasteiger partial charge is 0.354 e. The fraction of sp³-hybridized carbons (Fsp3) is 0.556. The molecule has 0 radical (unpaired) electrons. The maximum Gasteiger partial charge on any atom is 0.346 e. The predicted molar refractivity (Wildman–Crippen MR) is 59.1 cm³/mol. The molecular formula is C9H15N5O3. The standard InChI is InChI=1S/C9H15N5O3/c1-12-9(15)13-6-10-4-7(13)14(11-12)5-8(16-2)17-3/h4,6,8,11H,5H2,1-3H3. The summed E-state index contributed by atoms with van der Waals surface area (Å²) in [6.07, 6.45) is 2.67. The molecule has 2 rings (SSSR count). The zero-order valence-electron chi connectivity index (χ0n) is 9.95. The summed E-state index contributed by atoms with van der Waals surface area (Å²) < 4.78 is 11.7. The summed E-state index contributed by atoms with van der Waals surface area (Å²) in [5.41, 5.74) is 2.90. The topological polar surface area (TPSA) is 71.9 Å². The first kappa shape index (κ1) is 11.8. The van der Waals surface area contributed by atoms with E-state index < -0.39 is 6.29 Å². The van der Waals surface area contributed by atoms with Crippen molar-refractivity contribution in [3.8, 4) is 0 Å². The number of ether oxygens (including phenoxy) is 2. The van der Waals surface area contributed by atoms with E-state index in [1.54, 1.807) is 32.5 Å². The highest BCUT2D eigenvalue weighted by atomic mass is 16.7. The Morgan fingerprint density at radius 2 is 2.18 bits per heavy atom. The Balaban J connectivity index is 2.20. The molecule has 2 heterocycles. The highest BCUT2D eigenvalue weighted by molar-refractivity contribution is 5.81. The van der Waals surface area contributed by atoms with Gasteiger partial charge in [-0.05, 0) is 0 Å². The van der Waals surface area contributed by atoms with Gasteiger partial charge in [0.25, 0.3) is 0 Å². The molecule has 0 aliphatic carbocycles. The Labute approximate surface area is 98.7 Å². The fourth-order valence-corrected chi connectivity index (χ4v) is 1.60. The zero-order chi connectivity index (χ0) is 12.4. The number of hydrogen-bond acceptors (Lipinski definition) is 6. The van der Waals surface area contributed by atoms with Crippen molar-refractivity contribution in [1.29, 1.82) is 0 Å². The summed E-state index contributed by atoms with van der Waals surface area (Å²) in [5, 5.41) is 3.09. The predicted octanol–water partition coefficient (Wildman–Crippen LogP) is -0.359. The molecule has 0 aromatic carbocycles. The van der Waals surface area contributed by atoms with E-state index in [0.29, 0.717) is 12.4 Å². The number of aromatic nitrogens is 2. The van der Waals surface area contributed by atoms with Crippen LogP contribution in [0.5, 0.6) is 0 Å². The van der Waals surface area contributed by atoms with Gasteiger partial charge in [-0.1, -0.05) is 0 Å². The van der Waals surface area contributed by atoms with Crippen molar-refractivity contribution < 1.29 is 14.3 Å². The van der Waals surface area contributed by atoms with Crippen LogP contribution in [0.3, 0.4) is 0 Å². The van der Waals surface area contributed by atoms with Crippen molar-refractivity contribution in [3.05, 3.63) is 12.5 Å². The zero-order valence-corrected chi connectivity index (χ0v) is 9.95. The van der Waals surface area contributed by atoms with Gasteiger partial charge in [0.1, 0.15) is 6.33 Å². The first-order valence-electron chi connectivity index (χ1n) is 5.07. The number of fused-ring (bicyclic) bond motifs is 1. The Hall–Kier alpha value is -1.64. The van der Waals surface area contributed by atoms with Gasteiger partial charge >= 0.3 is 6.03 Å². The van der Waals surface area contributed by atoms with Crippen LogP contribution in [-0.4, -0.2) is 54.7 Å². The molecule has 1 amide bonds. The number of amides is 1. The Morgan fingerprint density at radius 1 is 1.47 bits per heavy atom. The van der Waals surface area contributed by atoms with Gasteiger partial charge < -0.3 is 9.47 Å². The van der Waals surface area contributed by atoms with Gasteiger partial charge in [0, 0.05) is 21.3 Å². The SMILES string of the molecule is COC(CN1NN(C)C(=O)n2cncc21)OC. The number of rotatable bonds is 4. The van der Waals surface area contributed by atoms with E-state index in [1.807, 2.05) is 0 Å². The van der Waals surface area contributed by atoms with E-state index in [1.165, 1.54) is 15.9 Å². The van der Waals surface area contributed by atoms with E-state index in [9.17, 15) is 4.79 Å². The number of hydrogen-bond donors (Lipinski definition) is 1. The third-order valence-corrected chi connectivity index (χ3v) is 2.52. The molecular weight excluding hydrogens is 226 g/mol. The molecule has 0 fully saturated rings. The van der Waals surface area contributed by atoms with Crippen LogP contribution < -0.4 is 10.5 Å². The molecule has 1 aliphatic heterocycles. The van der Waals surface area contributed by atoms with Crippen LogP contribution in [0.1, 0.15) is 0 Å². The monoisotopic (exact) mass is 241 g/mol. The van der Waals surface area contributed by atoms with Crippen molar-refractivity contribution in [1.82, 2.24) is 20.1 Å². The molecule has 0 bridgehead atoms. The number of carbonyl (C=O) groups is 1. The lowest BCUT2D eigenvalue weighted by Gasteiger charge is -2.36. The maximum atomic E-state index is 11.7. The molecule has 1 N–H and O–H groups in total. The normalized spacial score (nSPS) is 15.6. The van der Waals surface area contributed by atoms with E-state index in [4.69, 9.17) is 9.47 Å². The first-order valence-corrected chi connectivity index (χ1v) is 5.07. The van der Waals surface area contributed by atoms with Gasteiger partial charge in [-0.3, -0.25) is 5.01 Å².